The average molecular weight is 216 g/mol. The van der Waals surface area contributed by atoms with Crippen LogP contribution in [0.4, 0.5) is 0 Å². The van der Waals surface area contributed by atoms with Crippen LogP contribution in [-0.2, 0) is 0 Å². The van der Waals surface area contributed by atoms with Crippen LogP contribution in [0.5, 0.6) is 0 Å². The first-order chi connectivity index (χ1) is 6.77. The monoisotopic (exact) mass is 216 g/mol. The van der Waals surface area contributed by atoms with Crippen LogP contribution in [0.25, 0.3) is 0 Å². The van der Waals surface area contributed by atoms with Gasteiger partial charge in [-0.15, -0.1) is 0 Å². The van der Waals surface area contributed by atoms with Gasteiger partial charge in [0.2, 0.25) is 0 Å². The summed E-state index contributed by atoms with van der Waals surface area (Å²) in [5, 5.41) is 19.4. The lowest BCUT2D eigenvalue weighted by molar-refractivity contribution is -0.0257. The van der Waals surface area contributed by atoms with Crippen LogP contribution in [0, 0.1) is 23.2 Å². The van der Waals surface area contributed by atoms with Gasteiger partial charge in [-0.3, -0.25) is 0 Å². The van der Waals surface area contributed by atoms with Gasteiger partial charge in [0.25, 0.3) is 0 Å². The van der Waals surface area contributed by atoms with E-state index in [0.29, 0.717) is 5.92 Å². The van der Waals surface area contributed by atoms with Gasteiger partial charge in [-0.05, 0) is 29.6 Å². The minimum absolute atomic E-state index is 0.0388. The molecular formula is C13H28O2. The molecule has 0 fully saturated rings. The zero-order valence-electron chi connectivity index (χ0n) is 11.1. The molecule has 2 unspecified atom stereocenters. The molecule has 0 aromatic carbocycles. The quantitative estimate of drug-likeness (QED) is 0.716. The Kier molecular flexibility index (Phi) is 5.82. The van der Waals surface area contributed by atoms with E-state index in [-0.39, 0.29) is 30.0 Å². The largest absolute Gasteiger partial charge is 0.396 e. The highest BCUT2D eigenvalue weighted by atomic mass is 16.3. The maximum atomic E-state index is 10.3. The van der Waals surface area contributed by atoms with Crippen LogP contribution in [-0.4, -0.2) is 22.9 Å². The Morgan fingerprint density at radius 2 is 1.53 bits per heavy atom. The maximum absolute atomic E-state index is 10.3. The number of hydrogen-bond donors (Lipinski definition) is 2. The molecule has 0 amide bonds. The van der Waals surface area contributed by atoms with Crippen LogP contribution >= 0.6 is 0 Å². The SMILES string of the molecule is CCC(C)(C)C(O)[C@H](C)[C@@H](C)C(C)CO. The van der Waals surface area contributed by atoms with E-state index in [4.69, 9.17) is 5.11 Å². The predicted molar refractivity (Wildman–Crippen MR) is 64.7 cm³/mol. The lowest BCUT2D eigenvalue weighted by atomic mass is 9.72. The first kappa shape index (κ1) is 14.9. The topological polar surface area (TPSA) is 40.5 Å². The molecule has 0 spiro atoms. The summed E-state index contributed by atoms with van der Waals surface area (Å²) in [5.41, 5.74) is -0.0388. The molecule has 0 aliphatic heterocycles. The van der Waals surface area contributed by atoms with Crippen LogP contribution in [0.15, 0.2) is 0 Å². The van der Waals surface area contributed by atoms with E-state index in [1.165, 1.54) is 0 Å². The summed E-state index contributed by atoms with van der Waals surface area (Å²) in [6.07, 6.45) is 0.671. The fourth-order valence-corrected chi connectivity index (χ4v) is 1.89. The van der Waals surface area contributed by atoms with Crippen molar-refractivity contribution in [3.05, 3.63) is 0 Å². The second kappa shape index (κ2) is 5.86. The lowest BCUT2D eigenvalue weighted by Crippen LogP contribution is -2.39. The van der Waals surface area contributed by atoms with E-state index in [1.807, 2.05) is 6.92 Å². The van der Waals surface area contributed by atoms with Gasteiger partial charge in [0.1, 0.15) is 0 Å². The highest BCUT2D eigenvalue weighted by molar-refractivity contribution is 4.84. The molecule has 0 rings (SSSR count). The summed E-state index contributed by atoms with van der Waals surface area (Å²) in [5.74, 6) is 0.820. The van der Waals surface area contributed by atoms with E-state index in [2.05, 4.69) is 34.6 Å². The fourth-order valence-electron chi connectivity index (χ4n) is 1.89. The molecule has 0 aliphatic carbocycles. The highest BCUT2D eigenvalue weighted by Gasteiger charge is 2.34. The zero-order valence-corrected chi connectivity index (χ0v) is 11.1. The van der Waals surface area contributed by atoms with Gasteiger partial charge >= 0.3 is 0 Å². The molecular weight excluding hydrogens is 188 g/mol. The van der Waals surface area contributed by atoms with Gasteiger partial charge < -0.3 is 10.2 Å². The molecule has 0 bridgehead atoms. The molecule has 4 atom stereocenters. The Hall–Kier alpha value is -0.0800. The smallest absolute Gasteiger partial charge is 0.0619 e. The molecule has 2 heteroatoms. The molecule has 2 nitrogen and oxygen atoms in total. The Morgan fingerprint density at radius 3 is 1.87 bits per heavy atom. The summed E-state index contributed by atoms with van der Waals surface area (Å²) in [6, 6.07) is 0. The van der Waals surface area contributed by atoms with Gasteiger partial charge in [0.05, 0.1) is 6.10 Å². The number of hydrogen-bond acceptors (Lipinski definition) is 2. The van der Waals surface area contributed by atoms with Crippen molar-refractivity contribution in [1.82, 2.24) is 0 Å². The molecule has 0 aromatic heterocycles. The predicted octanol–water partition coefficient (Wildman–Crippen LogP) is 2.68. The van der Waals surface area contributed by atoms with Gasteiger partial charge in [0, 0.05) is 6.61 Å². The van der Waals surface area contributed by atoms with Gasteiger partial charge in [0.15, 0.2) is 0 Å². The van der Waals surface area contributed by atoms with Crippen molar-refractivity contribution in [2.24, 2.45) is 23.2 Å². The van der Waals surface area contributed by atoms with Crippen LogP contribution in [0.3, 0.4) is 0 Å². The number of aliphatic hydroxyl groups is 2. The molecule has 92 valence electrons. The molecule has 15 heavy (non-hydrogen) atoms. The summed E-state index contributed by atoms with van der Waals surface area (Å²) < 4.78 is 0. The molecule has 0 heterocycles. The second-order valence-corrected chi connectivity index (χ2v) is 5.67. The summed E-state index contributed by atoms with van der Waals surface area (Å²) in [6.45, 7) is 12.7. The Bertz CT molecular complexity index is 177. The molecule has 0 radical (unpaired) electrons. The van der Waals surface area contributed by atoms with E-state index >= 15 is 0 Å². The van der Waals surface area contributed by atoms with E-state index in [1.54, 1.807) is 0 Å². The maximum Gasteiger partial charge on any atom is 0.0619 e. The Labute approximate surface area is 94.7 Å². The summed E-state index contributed by atoms with van der Waals surface area (Å²) in [7, 11) is 0. The third-order valence-corrected chi connectivity index (χ3v) is 4.22. The van der Waals surface area contributed by atoms with Gasteiger partial charge in [-0.25, -0.2) is 0 Å². The summed E-state index contributed by atoms with van der Waals surface area (Å²) in [4.78, 5) is 0. The minimum Gasteiger partial charge on any atom is -0.396 e. The third-order valence-electron chi connectivity index (χ3n) is 4.22. The molecule has 0 aliphatic rings. The van der Waals surface area contributed by atoms with E-state index < -0.39 is 0 Å². The first-order valence-corrected chi connectivity index (χ1v) is 6.06. The van der Waals surface area contributed by atoms with Crippen molar-refractivity contribution in [3.63, 3.8) is 0 Å². The van der Waals surface area contributed by atoms with Crippen LogP contribution in [0.1, 0.15) is 48.0 Å². The van der Waals surface area contributed by atoms with Crippen LogP contribution < -0.4 is 0 Å². The number of aliphatic hydroxyl groups excluding tert-OH is 2. The first-order valence-electron chi connectivity index (χ1n) is 6.06. The van der Waals surface area contributed by atoms with Gasteiger partial charge in [-0.2, -0.15) is 0 Å². The highest BCUT2D eigenvalue weighted by Crippen LogP contribution is 2.34. The Morgan fingerprint density at radius 1 is 1.07 bits per heavy atom. The molecule has 0 saturated carbocycles. The standard InChI is InChI=1S/C13H28O2/c1-7-13(5,6)12(15)11(4)10(3)9(2)8-14/h9-12,14-15H,7-8H2,1-6H3/t9?,10-,11+,12?/m0/s1. The second-order valence-electron chi connectivity index (χ2n) is 5.67. The molecule has 2 N–H and O–H groups in total. The minimum atomic E-state index is -0.300. The Balaban J connectivity index is 4.50. The summed E-state index contributed by atoms with van der Waals surface area (Å²) >= 11 is 0. The molecule has 0 saturated heterocycles. The number of rotatable bonds is 6. The van der Waals surface area contributed by atoms with Crippen molar-refractivity contribution in [2.45, 2.75) is 54.1 Å². The normalized spacial score (nSPS) is 20.8. The third kappa shape index (κ3) is 3.76. The van der Waals surface area contributed by atoms with E-state index in [9.17, 15) is 5.11 Å². The molecule has 0 aromatic rings. The van der Waals surface area contributed by atoms with Gasteiger partial charge in [-0.1, -0.05) is 41.5 Å². The van der Waals surface area contributed by atoms with Crippen molar-refractivity contribution in [1.29, 1.82) is 0 Å². The van der Waals surface area contributed by atoms with Crippen molar-refractivity contribution >= 4 is 0 Å². The zero-order chi connectivity index (χ0) is 12.2. The fraction of sp³-hybridized carbons (Fsp3) is 1.00. The average Bonchev–Trinajstić information content (AvgIpc) is 2.24. The van der Waals surface area contributed by atoms with Crippen LogP contribution in [0.2, 0.25) is 0 Å². The van der Waals surface area contributed by atoms with Crippen molar-refractivity contribution in [2.75, 3.05) is 6.61 Å². The lowest BCUT2D eigenvalue weighted by Gasteiger charge is -2.38. The van der Waals surface area contributed by atoms with Crippen molar-refractivity contribution < 1.29 is 10.2 Å². The van der Waals surface area contributed by atoms with E-state index in [0.717, 1.165) is 6.42 Å². The van der Waals surface area contributed by atoms with Crippen molar-refractivity contribution in [3.8, 4) is 0 Å².